The van der Waals surface area contributed by atoms with Crippen molar-refractivity contribution in [1.29, 1.82) is 0 Å². The number of hydrogen-bond acceptors (Lipinski definition) is 4. The van der Waals surface area contributed by atoms with Crippen molar-refractivity contribution in [3.63, 3.8) is 0 Å². The Morgan fingerprint density at radius 3 is 1.69 bits per heavy atom. The highest BCUT2D eigenvalue weighted by Crippen LogP contribution is 2.23. The van der Waals surface area contributed by atoms with Gasteiger partial charge in [-0.1, -0.05) is 0 Å². The van der Waals surface area contributed by atoms with E-state index < -0.39 is 9.85 Å². The number of nitrogens with zero attached hydrogens (tertiary/aromatic N) is 2. The number of nitro groups is 2. The van der Waals surface area contributed by atoms with E-state index in [4.69, 9.17) is 0 Å². The third-order valence-electron chi connectivity index (χ3n) is 1.29. The van der Waals surface area contributed by atoms with E-state index >= 15 is 0 Å². The zero-order chi connectivity index (χ0) is 10.0. The first kappa shape index (κ1) is 9.84. The second-order valence-electron chi connectivity index (χ2n) is 2.18. The van der Waals surface area contributed by atoms with Gasteiger partial charge in [-0.25, -0.2) is 0 Å². The van der Waals surface area contributed by atoms with Gasteiger partial charge in [0.15, 0.2) is 0 Å². The molecule has 0 N–H and O–H groups in total. The predicted molar refractivity (Wildman–Crippen MR) is 52.5 cm³/mol. The number of benzene rings is 1. The zero-order valence-electron chi connectivity index (χ0n) is 6.14. The fourth-order valence-corrected chi connectivity index (χ4v) is 1.41. The minimum Gasteiger partial charge on any atom is -0.258 e. The predicted octanol–water partition coefficient (Wildman–Crippen LogP) is 2.11. The second-order valence-corrected chi connectivity index (χ2v) is 3.43. The van der Waals surface area contributed by atoms with E-state index in [1.807, 2.05) is 0 Å². The van der Waals surface area contributed by atoms with Crippen LogP contribution in [0.15, 0.2) is 18.2 Å². The fraction of sp³-hybridized carbons (Fsp3) is 0. The van der Waals surface area contributed by atoms with Crippen LogP contribution in [0.1, 0.15) is 0 Å². The molecule has 0 bridgehead atoms. The minimum atomic E-state index is -0.658. The molecule has 0 aromatic heterocycles. The Morgan fingerprint density at radius 2 is 1.38 bits per heavy atom. The largest absolute Gasteiger partial charge is 0.277 e. The Bertz CT molecular complexity index is 347. The lowest BCUT2D eigenvalue weighted by Crippen LogP contribution is -1.93. The van der Waals surface area contributed by atoms with Crippen molar-refractivity contribution < 1.29 is 9.85 Å². The Kier molecular flexibility index (Phi) is 2.76. The molecule has 68 valence electrons. The molecule has 0 unspecified atom stereocenters. The van der Waals surface area contributed by atoms with E-state index in [-0.39, 0.29) is 11.4 Å². The van der Waals surface area contributed by atoms with Crippen molar-refractivity contribution in [2.24, 2.45) is 0 Å². The highest BCUT2D eigenvalue weighted by Gasteiger charge is 2.14. The second kappa shape index (κ2) is 3.64. The first-order valence-electron chi connectivity index (χ1n) is 3.10. The van der Waals surface area contributed by atoms with Gasteiger partial charge in [0.25, 0.3) is 11.4 Å². The van der Waals surface area contributed by atoms with Crippen molar-refractivity contribution in [2.45, 2.75) is 0 Å². The summed E-state index contributed by atoms with van der Waals surface area (Å²) < 4.78 is 0.471. The van der Waals surface area contributed by atoms with Crippen LogP contribution in [0.25, 0.3) is 0 Å². The summed E-state index contributed by atoms with van der Waals surface area (Å²) in [5.41, 5.74) is -0.530. The molecule has 0 atom stereocenters. The topological polar surface area (TPSA) is 86.3 Å². The summed E-state index contributed by atoms with van der Waals surface area (Å²) in [5.74, 6) is 0. The maximum Gasteiger partial charge on any atom is 0.277 e. The summed E-state index contributed by atoms with van der Waals surface area (Å²) in [6.45, 7) is 0. The molecule has 0 aliphatic heterocycles. The van der Waals surface area contributed by atoms with Gasteiger partial charge in [0.05, 0.1) is 15.9 Å². The minimum absolute atomic E-state index is 0.265. The third kappa shape index (κ3) is 2.34. The van der Waals surface area contributed by atoms with Crippen LogP contribution < -0.4 is 0 Å². The lowest BCUT2D eigenvalue weighted by molar-refractivity contribution is -0.394. The molecule has 0 saturated heterocycles. The van der Waals surface area contributed by atoms with Crippen LogP contribution in [0.5, 0.6) is 0 Å². The van der Waals surface area contributed by atoms with E-state index in [0.717, 1.165) is 6.07 Å². The first-order chi connectivity index (χ1) is 6.00. The Labute approximate surface area is 86.0 Å². The van der Waals surface area contributed by atoms with Gasteiger partial charge in [-0.3, -0.25) is 20.2 Å². The van der Waals surface area contributed by atoms with Crippen molar-refractivity contribution in [3.05, 3.63) is 42.0 Å². The monoisotopic (exact) mass is 294 g/mol. The van der Waals surface area contributed by atoms with Crippen LogP contribution in [0.3, 0.4) is 0 Å². The smallest absolute Gasteiger partial charge is 0.258 e. The van der Waals surface area contributed by atoms with Crippen LogP contribution in [0.4, 0.5) is 11.4 Å². The van der Waals surface area contributed by atoms with Crippen LogP contribution in [-0.4, -0.2) is 9.85 Å². The molecule has 1 rings (SSSR count). The molecule has 0 radical (unpaired) electrons. The first-order valence-corrected chi connectivity index (χ1v) is 4.18. The van der Waals surface area contributed by atoms with Gasteiger partial charge < -0.3 is 0 Å². The van der Waals surface area contributed by atoms with Crippen LogP contribution >= 0.6 is 22.6 Å². The molecule has 13 heavy (non-hydrogen) atoms. The zero-order valence-corrected chi connectivity index (χ0v) is 8.29. The quantitative estimate of drug-likeness (QED) is 0.475. The molecular weight excluding hydrogens is 291 g/mol. The Hall–Kier alpha value is -1.25. The van der Waals surface area contributed by atoms with Crippen LogP contribution in [0, 0.1) is 23.8 Å². The summed E-state index contributed by atoms with van der Waals surface area (Å²) in [6.07, 6.45) is 0. The summed E-state index contributed by atoms with van der Waals surface area (Å²) in [7, 11) is 0. The molecule has 0 amide bonds. The van der Waals surface area contributed by atoms with Gasteiger partial charge in [0.2, 0.25) is 0 Å². The summed E-state index contributed by atoms with van der Waals surface area (Å²) in [5, 5.41) is 20.6. The Balaban J connectivity index is 3.26. The molecular formula is C6H3IN2O4. The van der Waals surface area contributed by atoms with Gasteiger partial charge in [0, 0.05) is 15.7 Å². The van der Waals surface area contributed by atoms with Gasteiger partial charge in [-0.2, -0.15) is 0 Å². The average molecular weight is 294 g/mol. The Morgan fingerprint density at radius 1 is 1.00 bits per heavy atom. The SMILES string of the molecule is O=[N+]([O-])c1cc(I)cc([N+](=O)[O-])c1. The molecule has 0 aliphatic rings. The maximum absolute atomic E-state index is 10.3. The number of non-ortho nitro benzene ring substituents is 2. The van der Waals surface area contributed by atoms with Crippen molar-refractivity contribution >= 4 is 34.0 Å². The summed E-state index contributed by atoms with van der Waals surface area (Å²) >= 11 is 1.79. The molecule has 1 aromatic rings. The van der Waals surface area contributed by atoms with Crippen LogP contribution in [0.2, 0.25) is 0 Å². The normalized spacial score (nSPS) is 9.62. The van der Waals surface area contributed by atoms with Gasteiger partial charge in [-0.05, 0) is 22.6 Å². The van der Waals surface area contributed by atoms with Crippen molar-refractivity contribution in [1.82, 2.24) is 0 Å². The van der Waals surface area contributed by atoms with Crippen LogP contribution in [-0.2, 0) is 0 Å². The lowest BCUT2D eigenvalue weighted by atomic mass is 10.3. The molecule has 0 heterocycles. The van der Waals surface area contributed by atoms with Gasteiger partial charge in [0.1, 0.15) is 0 Å². The highest BCUT2D eigenvalue weighted by molar-refractivity contribution is 14.1. The van der Waals surface area contributed by atoms with E-state index in [9.17, 15) is 20.2 Å². The number of halogens is 1. The molecule has 0 saturated carbocycles. The van der Waals surface area contributed by atoms with E-state index in [2.05, 4.69) is 0 Å². The number of hydrogen-bond donors (Lipinski definition) is 0. The van der Waals surface area contributed by atoms with Crippen molar-refractivity contribution in [3.8, 4) is 0 Å². The third-order valence-corrected chi connectivity index (χ3v) is 1.91. The molecule has 6 nitrogen and oxygen atoms in total. The molecule has 1 aromatic carbocycles. The van der Waals surface area contributed by atoms with E-state index in [1.54, 1.807) is 22.6 Å². The van der Waals surface area contributed by atoms with E-state index in [0.29, 0.717) is 3.57 Å². The number of rotatable bonds is 2. The van der Waals surface area contributed by atoms with E-state index in [1.165, 1.54) is 12.1 Å². The number of nitro benzene ring substituents is 2. The van der Waals surface area contributed by atoms with Gasteiger partial charge >= 0.3 is 0 Å². The average Bonchev–Trinajstić information content (AvgIpc) is 2.03. The standard InChI is InChI=1S/C6H3IN2O4/c7-4-1-5(8(10)11)3-6(2-4)9(12)13/h1-3H. The highest BCUT2D eigenvalue weighted by atomic mass is 127. The summed E-state index contributed by atoms with van der Waals surface area (Å²) in [6, 6.07) is 3.48. The lowest BCUT2D eigenvalue weighted by Gasteiger charge is -1.93. The molecule has 0 spiro atoms. The molecule has 0 fully saturated rings. The fourth-order valence-electron chi connectivity index (χ4n) is 0.770. The van der Waals surface area contributed by atoms with Crippen molar-refractivity contribution in [2.75, 3.05) is 0 Å². The van der Waals surface area contributed by atoms with Gasteiger partial charge in [-0.15, -0.1) is 0 Å². The maximum atomic E-state index is 10.3. The molecule has 0 aliphatic carbocycles. The molecule has 7 heteroatoms. The summed E-state index contributed by atoms with van der Waals surface area (Å²) in [4.78, 5) is 19.3.